The van der Waals surface area contributed by atoms with Crippen molar-refractivity contribution < 1.29 is 19.8 Å². The molecule has 0 fully saturated rings. The first-order valence-corrected chi connectivity index (χ1v) is 6.04. The Bertz CT molecular complexity index is 820. The molecule has 5 heteroatoms. The van der Waals surface area contributed by atoms with Crippen molar-refractivity contribution >= 4 is 33.7 Å². The molecule has 100 valence electrons. The van der Waals surface area contributed by atoms with E-state index in [2.05, 4.69) is 4.98 Å². The molecule has 0 atom stereocenters. The molecule has 0 bridgehead atoms. The van der Waals surface area contributed by atoms with Crippen LogP contribution >= 0.6 is 0 Å². The number of carboxylic acid groups (broad SMARTS) is 2. The number of aromatic nitrogens is 1. The van der Waals surface area contributed by atoms with Crippen LogP contribution in [0.2, 0.25) is 0 Å². The summed E-state index contributed by atoms with van der Waals surface area (Å²) in [6.45, 7) is 0. The van der Waals surface area contributed by atoms with Gasteiger partial charge in [0, 0.05) is 21.8 Å². The molecular weight excluding hydrogens is 258 g/mol. The summed E-state index contributed by atoms with van der Waals surface area (Å²) in [5, 5.41) is 20.0. The first-order chi connectivity index (χ1) is 9.58. The van der Waals surface area contributed by atoms with Crippen LogP contribution in [0.4, 0.5) is 0 Å². The molecule has 3 aromatic rings. The Labute approximate surface area is 113 Å². The second-order valence-corrected chi connectivity index (χ2v) is 4.59. The Balaban J connectivity index is 2.22. The molecule has 0 aliphatic rings. The summed E-state index contributed by atoms with van der Waals surface area (Å²) in [5.41, 5.74) is 1.92. The van der Waals surface area contributed by atoms with Crippen molar-refractivity contribution in [3.8, 4) is 0 Å². The van der Waals surface area contributed by atoms with Gasteiger partial charge in [0.2, 0.25) is 0 Å². The largest absolute Gasteiger partial charge is 0.480 e. The number of rotatable bonds is 3. The van der Waals surface area contributed by atoms with E-state index in [1.165, 1.54) is 0 Å². The van der Waals surface area contributed by atoms with Crippen molar-refractivity contribution in [3.63, 3.8) is 0 Å². The van der Waals surface area contributed by atoms with Gasteiger partial charge in [-0.25, -0.2) is 0 Å². The lowest BCUT2D eigenvalue weighted by Gasteiger charge is -2.07. The third kappa shape index (κ3) is 1.80. The van der Waals surface area contributed by atoms with Gasteiger partial charge in [-0.1, -0.05) is 30.3 Å². The van der Waals surface area contributed by atoms with E-state index in [-0.39, 0.29) is 5.56 Å². The number of nitrogens with one attached hydrogen (secondary N) is 1. The van der Waals surface area contributed by atoms with E-state index >= 15 is 0 Å². The number of carbonyl (C=O) groups is 2. The maximum Gasteiger partial charge on any atom is 0.322 e. The van der Waals surface area contributed by atoms with Gasteiger partial charge in [-0.15, -0.1) is 0 Å². The topological polar surface area (TPSA) is 90.4 Å². The number of aliphatic carboxylic acids is 2. The van der Waals surface area contributed by atoms with Gasteiger partial charge in [-0.05, 0) is 17.7 Å². The van der Waals surface area contributed by atoms with Crippen LogP contribution in [0.25, 0.3) is 21.8 Å². The number of H-pyrrole nitrogens is 1. The van der Waals surface area contributed by atoms with E-state index in [0.717, 1.165) is 21.8 Å². The summed E-state index contributed by atoms with van der Waals surface area (Å²) in [5.74, 6) is -4.29. The number of benzene rings is 2. The van der Waals surface area contributed by atoms with Crippen molar-refractivity contribution in [2.24, 2.45) is 0 Å². The lowest BCUT2D eigenvalue weighted by atomic mass is 9.98. The summed E-state index contributed by atoms with van der Waals surface area (Å²) < 4.78 is 0. The molecule has 2 aromatic carbocycles. The Morgan fingerprint density at radius 3 is 2.25 bits per heavy atom. The third-order valence-corrected chi connectivity index (χ3v) is 3.36. The smallest absolute Gasteiger partial charge is 0.322 e. The summed E-state index contributed by atoms with van der Waals surface area (Å²) in [4.78, 5) is 25.3. The molecule has 3 N–H and O–H groups in total. The molecule has 0 aliphatic carbocycles. The van der Waals surface area contributed by atoms with E-state index in [1.807, 2.05) is 24.3 Å². The molecule has 0 saturated heterocycles. The first-order valence-electron chi connectivity index (χ1n) is 6.04. The van der Waals surface area contributed by atoms with Crippen LogP contribution < -0.4 is 0 Å². The monoisotopic (exact) mass is 269 g/mol. The minimum atomic E-state index is -1.55. The van der Waals surface area contributed by atoms with E-state index in [4.69, 9.17) is 10.2 Å². The van der Waals surface area contributed by atoms with Crippen LogP contribution in [0.1, 0.15) is 11.5 Å². The SMILES string of the molecule is O=C(O)C(C(=O)O)c1ccc2c(c1)[nH]c1ccccc12. The second-order valence-electron chi connectivity index (χ2n) is 4.59. The lowest BCUT2D eigenvalue weighted by molar-refractivity contribution is -0.150. The quantitative estimate of drug-likeness (QED) is 0.637. The predicted octanol–water partition coefficient (Wildman–Crippen LogP) is 2.57. The van der Waals surface area contributed by atoms with Gasteiger partial charge in [0.25, 0.3) is 0 Å². The number of hydrogen-bond donors (Lipinski definition) is 3. The fourth-order valence-electron chi connectivity index (χ4n) is 2.44. The zero-order valence-electron chi connectivity index (χ0n) is 10.3. The van der Waals surface area contributed by atoms with Gasteiger partial charge in [0.15, 0.2) is 5.92 Å². The van der Waals surface area contributed by atoms with Gasteiger partial charge in [-0.2, -0.15) is 0 Å². The van der Waals surface area contributed by atoms with Crippen LogP contribution in [0.15, 0.2) is 42.5 Å². The van der Waals surface area contributed by atoms with Gasteiger partial charge < -0.3 is 15.2 Å². The van der Waals surface area contributed by atoms with Crippen molar-refractivity contribution in [3.05, 3.63) is 48.0 Å². The van der Waals surface area contributed by atoms with Crippen LogP contribution in [0.5, 0.6) is 0 Å². The highest BCUT2D eigenvalue weighted by atomic mass is 16.4. The van der Waals surface area contributed by atoms with Crippen molar-refractivity contribution in [2.45, 2.75) is 5.92 Å². The van der Waals surface area contributed by atoms with Gasteiger partial charge in [0.05, 0.1) is 0 Å². The molecule has 1 aromatic heterocycles. The summed E-state index contributed by atoms with van der Waals surface area (Å²) in [7, 11) is 0. The zero-order chi connectivity index (χ0) is 14.3. The molecule has 20 heavy (non-hydrogen) atoms. The molecule has 0 amide bonds. The third-order valence-electron chi connectivity index (χ3n) is 3.36. The van der Waals surface area contributed by atoms with E-state index in [1.54, 1.807) is 18.2 Å². The number of fused-ring (bicyclic) bond motifs is 3. The normalized spacial score (nSPS) is 11.2. The van der Waals surface area contributed by atoms with E-state index in [0.29, 0.717) is 0 Å². The number of carboxylic acids is 2. The van der Waals surface area contributed by atoms with Gasteiger partial charge >= 0.3 is 11.9 Å². The Kier molecular flexibility index (Phi) is 2.68. The maximum atomic E-state index is 11.1. The molecule has 3 rings (SSSR count). The minimum absolute atomic E-state index is 0.254. The molecule has 0 saturated carbocycles. The minimum Gasteiger partial charge on any atom is -0.480 e. The molecular formula is C15H11NO4. The summed E-state index contributed by atoms with van der Waals surface area (Å²) in [6, 6.07) is 12.6. The number of aromatic amines is 1. The van der Waals surface area contributed by atoms with Gasteiger partial charge in [-0.3, -0.25) is 9.59 Å². The summed E-state index contributed by atoms with van der Waals surface area (Å²) in [6.07, 6.45) is 0. The molecule has 5 nitrogen and oxygen atoms in total. The summed E-state index contributed by atoms with van der Waals surface area (Å²) >= 11 is 0. The standard InChI is InChI=1S/C15H11NO4/c17-14(18)13(15(19)20)8-5-6-10-9-3-1-2-4-11(9)16-12(10)7-8/h1-7,13,16H,(H,17,18)(H,19,20). The van der Waals surface area contributed by atoms with Crippen LogP contribution in [0.3, 0.4) is 0 Å². The average molecular weight is 269 g/mol. The predicted molar refractivity (Wildman–Crippen MR) is 73.8 cm³/mol. The first kappa shape index (κ1) is 12.2. The maximum absolute atomic E-state index is 11.1. The fraction of sp³-hybridized carbons (Fsp3) is 0.0667. The highest BCUT2D eigenvalue weighted by molar-refractivity contribution is 6.08. The molecule has 0 spiro atoms. The highest BCUT2D eigenvalue weighted by Gasteiger charge is 2.28. The molecule has 0 unspecified atom stereocenters. The highest BCUT2D eigenvalue weighted by Crippen LogP contribution is 2.28. The zero-order valence-corrected chi connectivity index (χ0v) is 10.3. The molecule has 0 radical (unpaired) electrons. The molecule has 1 heterocycles. The van der Waals surface area contributed by atoms with Crippen molar-refractivity contribution in [2.75, 3.05) is 0 Å². The van der Waals surface area contributed by atoms with Crippen LogP contribution in [0, 0.1) is 0 Å². The van der Waals surface area contributed by atoms with Crippen LogP contribution in [-0.2, 0) is 9.59 Å². The second kappa shape index (κ2) is 4.38. The van der Waals surface area contributed by atoms with Crippen molar-refractivity contribution in [1.29, 1.82) is 0 Å². The Morgan fingerprint density at radius 1 is 0.900 bits per heavy atom. The number of hydrogen-bond acceptors (Lipinski definition) is 2. The van der Waals surface area contributed by atoms with Crippen molar-refractivity contribution in [1.82, 2.24) is 4.98 Å². The number of para-hydroxylation sites is 1. The van der Waals surface area contributed by atoms with E-state index in [9.17, 15) is 9.59 Å². The Hall–Kier alpha value is -2.82. The van der Waals surface area contributed by atoms with Crippen LogP contribution in [-0.4, -0.2) is 27.1 Å². The van der Waals surface area contributed by atoms with E-state index < -0.39 is 17.9 Å². The van der Waals surface area contributed by atoms with Gasteiger partial charge in [0.1, 0.15) is 0 Å². The lowest BCUT2D eigenvalue weighted by Crippen LogP contribution is -2.20. The Morgan fingerprint density at radius 2 is 1.55 bits per heavy atom. The average Bonchev–Trinajstić information content (AvgIpc) is 2.75. The molecule has 0 aliphatic heterocycles. The fourth-order valence-corrected chi connectivity index (χ4v) is 2.44.